The van der Waals surface area contributed by atoms with E-state index in [1.165, 1.54) is 0 Å². The minimum atomic E-state index is -1.19. The average molecular weight is 245 g/mol. The second-order valence-corrected chi connectivity index (χ2v) is 3.92. The second kappa shape index (κ2) is 7.48. The van der Waals surface area contributed by atoms with Crippen LogP contribution >= 0.6 is 0 Å². The summed E-state index contributed by atoms with van der Waals surface area (Å²) in [6, 6.07) is -0.591. The van der Waals surface area contributed by atoms with Crippen molar-refractivity contribution in [1.29, 1.82) is 0 Å². The molecule has 17 heavy (non-hydrogen) atoms. The van der Waals surface area contributed by atoms with Crippen molar-refractivity contribution in [2.24, 2.45) is 11.7 Å². The average Bonchev–Trinajstić information content (AvgIpc) is 2.23. The number of carbonyl (C=O) groups excluding carboxylic acids is 2. The van der Waals surface area contributed by atoms with Crippen molar-refractivity contribution >= 4 is 17.9 Å². The minimum absolute atomic E-state index is 0.291. The first-order valence-corrected chi connectivity index (χ1v) is 5.39. The van der Waals surface area contributed by atoms with Gasteiger partial charge in [0.2, 0.25) is 5.91 Å². The van der Waals surface area contributed by atoms with E-state index in [2.05, 4.69) is 5.32 Å². The number of nitrogens with zero attached hydrogens (tertiary/aromatic N) is 1. The molecule has 0 aromatic rings. The van der Waals surface area contributed by atoms with Gasteiger partial charge in [0.15, 0.2) is 0 Å². The summed E-state index contributed by atoms with van der Waals surface area (Å²) in [5.41, 5.74) is 4.94. The largest absolute Gasteiger partial charge is 0.480 e. The molecule has 0 aromatic heterocycles. The molecule has 0 rings (SSSR count). The molecule has 3 amide bonds. The molecule has 7 heteroatoms. The summed E-state index contributed by atoms with van der Waals surface area (Å²) in [7, 11) is 0. The lowest BCUT2D eigenvalue weighted by Gasteiger charge is -2.20. The van der Waals surface area contributed by atoms with E-state index in [9.17, 15) is 14.4 Å². The number of carboxylic acid groups (broad SMARTS) is 1. The molecule has 0 spiro atoms. The van der Waals surface area contributed by atoms with Gasteiger partial charge in [0.25, 0.3) is 0 Å². The van der Waals surface area contributed by atoms with Gasteiger partial charge < -0.3 is 21.1 Å². The first-order valence-electron chi connectivity index (χ1n) is 5.39. The Hall–Kier alpha value is -1.79. The van der Waals surface area contributed by atoms with Crippen molar-refractivity contribution < 1.29 is 19.5 Å². The molecule has 0 aliphatic carbocycles. The zero-order chi connectivity index (χ0) is 13.4. The SMILES string of the molecule is CCC(C)CNC(=O)N(CC(N)=O)CC(=O)O. The van der Waals surface area contributed by atoms with Crippen LogP contribution in [0.1, 0.15) is 20.3 Å². The monoisotopic (exact) mass is 245 g/mol. The topological polar surface area (TPSA) is 113 Å². The van der Waals surface area contributed by atoms with Crippen LogP contribution in [0.5, 0.6) is 0 Å². The highest BCUT2D eigenvalue weighted by Crippen LogP contribution is 1.98. The number of amides is 3. The second-order valence-electron chi connectivity index (χ2n) is 3.92. The van der Waals surface area contributed by atoms with Crippen molar-refractivity contribution in [1.82, 2.24) is 10.2 Å². The van der Waals surface area contributed by atoms with E-state index in [1.807, 2.05) is 13.8 Å². The van der Waals surface area contributed by atoms with Crippen LogP contribution in [-0.2, 0) is 9.59 Å². The Morgan fingerprint density at radius 1 is 1.35 bits per heavy atom. The normalized spacial score (nSPS) is 11.6. The summed E-state index contributed by atoms with van der Waals surface area (Å²) in [5, 5.41) is 11.2. The summed E-state index contributed by atoms with van der Waals surface area (Å²) in [4.78, 5) is 33.7. The molecule has 0 bridgehead atoms. The van der Waals surface area contributed by atoms with Crippen LogP contribution in [0.25, 0.3) is 0 Å². The zero-order valence-corrected chi connectivity index (χ0v) is 10.1. The van der Waals surface area contributed by atoms with Crippen molar-refractivity contribution in [2.45, 2.75) is 20.3 Å². The summed E-state index contributed by atoms with van der Waals surface area (Å²) in [5.74, 6) is -1.64. The Morgan fingerprint density at radius 2 is 1.94 bits per heavy atom. The highest BCUT2D eigenvalue weighted by Gasteiger charge is 2.18. The third-order valence-electron chi connectivity index (χ3n) is 2.26. The van der Waals surface area contributed by atoms with Crippen molar-refractivity contribution in [3.8, 4) is 0 Å². The first kappa shape index (κ1) is 15.2. The molecule has 0 aliphatic heterocycles. The van der Waals surface area contributed by atoms with Crippen molar-refractivity contribution in [3.05, 3.63) is 0 Å². The summed E-state index contributed by atoms with van der Waals surface area (Å²) >= 11 is 0. The van der Waals surface area contributed by atoms with Gasteiger partial charge >= 0.3 is 12.0 Å². The summed E-state index contributed by atoms with van der Waals surface area (Å²) < 4.78 is 0. The molecule has 4 N–H and O–H groups in total. The molecule has 0 fully saturated rings. The van der Waals surface area contributed by atoms with E-state index >= 15 is 0 Å². The number of carbonyl (C=O) groups is 3. The molecule has 0 saturated heterocycles. The van der Waals surface area contributed by atoms with E-state index < -0.39 is 31.0 Å². The number of nitrogens with two attached hydrogens (primary N) is 1. The van der Waals surface area contributed by atoms with Crippen LogP contribution in [-0.4, -0.2) is 47.5 Å². The third kappa shape index (κ3) is 7.15. The molecule has 7 nitrogen and oxygen atoms in total. The van der Waals surface area contributed by atoms with E-state index in [4.69, 9.17) is 10.8 Å². The standard InChI is InChI=1S/C10H19N3O4/c1-3-7(2)4-12-10(17)13(5-8(11)14)6-9(15)16/h7H,3-6H2,1-2H3,(H2,11,14)(H,12,17)(H,15,16). The number of primary amides is 1. The van der Waals surface area contributed by atoms with Gasteiger partial charge in [-0.2, -0.15) is 0 Å². The van der Waals surface area contributed by atoms with Gasteiger partial charge in [-0.15, -0.1) is 0 Å². The lowest BCUT2D eigenvalue weighted by atomic mass is 10.1. The number of rotatable bonds is 7. The number of urea groups is 1. The molecule has 0 aliphatic rings. The van der Waals surface area contributed by atoms with Crippen LogP contribution in [0.4, 0.5) is 4.79 Å². The highest BCUT2D eigenvalue weighted by molar-refractivity contribution is 5.85. The van der Waals surface area contributed by atoms with E-state index in [-0.39, 0.29) is 0 Å². The number of nitrogens with one attached hydrogen (secondary N) is 1. The van der Waals surface area contributed by atoms with Gasteiger partial charge in [-0.1, -0.05) is 20.3 Å². The first-order chi connectivity index (χ1) is 7.86. The van der Waals surface area contributed by atoms with E-state index in [0.717, 1.165) is 11.3 Å². The molecule has 98 valence electrons. The fourth-order valence-corrected chi connectivity index (χ4v) is 1.07. The van der Waals surface area contributed by atoms with Gasteiger partial charge in [-0.05, 0) is 5.92 Å². The molecule has 1 atom stereocenters. The van der Waals surface area contributed by atoms with Crippen LogP contribution < -0.4 is 11.1 Å². The molecule has 1 unspecified atom stereocenters. The van der Waals surface area contributed by atoms with Gasteiger partial charge in [-0.25, -0.2) is 4.79 Å². The van der Waals surface area contributed by atoms with Crippen molar-refractivity contribution in [2.75, 3.05) is 19.6 Å². The summed E-state index contributed by atoms with van der Waals surface area (Å²) in [6.07, 6.45) is 0.898. The highest BCUT2D eigenvalue weighted by atomic mass is 16.4. The third-order valence-corrected chi connectivity index (χ3v) is 2.26. The van der Waals surface area contributed by atoms with Crippen LogP contribution in [0.3, 0.4) is 0 Å². The van der Waals surface area contributed by atoms with Gasteiger partial charge in [0.05, 0.1) is 0 Å². The molecule has 0 saturated carbocycles. The van der Waals surface area contributed by atoms with E-state index in [0.29, 0.717) is 12.5 Å². The maximum Gasteiger partial charge on any atom is 0.323 e. The fourth-order valence-electron chi connectivity index (χ4n) is 1.07. The Morgan fingerprint density at radius 3 is 2.35 bits per heavy atom. The van der Waals surface area contributed by atoms with Crippen LogP contribution in [0, 0.1) is 5.92 Å². The molecule has 0 radical (unpaired) electrons. The zero-order valence-electron chi connectivity index (χ0n) is 10.1. The predicted molar refractivity (Wildman–Crippen MR) is 61.3 cm³/mol. The molecule has 0 heterocycles. The maximum absolute atomic E-state index is 11.6. The summed E-state index contributed by atoms with van der Waals surface area (Å²) in [6.45, 7) is 3.42. The van der Waals surface area contributed by atoms with Crippen LogP contribution in [0.2, 0.25) is 0 Å². The quantitative estimate of drug-likeness (QED) is 0.567. The molecular formula is C10H19N3O4. The molecule has 0 aromatic carbocycles. The Kier molecular flexibility index (Phi) is 6.69. The van der Waals surface area contributed by atoms with E-state index in [1.54, 1.807) is 0 Å². The lowest BCUT2D eigenvalue weighted by Crippen LogP contribution is -2.47. The van der Waals surface area contributed by atoms with Crippen LogP contribution in [0.15, 0.2) is 0 Å². The smallest absolute Gasteiger partial charge is 0.323 e. The Bertz CT molecular complexity index is 277. The number of hydrogen-bond acceptors (Lipinski definition) is 3. The Balaban J connectivity index is 4.31. The number of hydrogen-bond donors (Lipinski definition) is 3. The van der Waals surface area contributed by atoms with Gasteiger partial charge in [0.1, 0.15) is 13.1 Å². The minimum Gasteiger partial charge on any atom is -0.480 e. The lowest BCUT2D eigenvalue weighted by molar-refractivity contribution is -0.137. The maximum atomic E-state index is 11.6. The molecular weight excluding hydrogens is 226 g/mol. The van der Waals surface area contributed by atoms with Crippen molar-refractivity contribution in [3.63, 3.8) is 0 Å². The Labute approximate surface area is 100.0 Å². The predicted octanol–water partition coefficient (Wildman–Crippen LogP) is -0.386. The number of aliphatic carboxylic acids is 1. The number of carboxylic acids is 1. The fraction of sp³-hybridized carbons (Fsp3) is 0.700. The van der Waals surface area contributed by atoms with Gasteiger partial charge in [0, 0.05) is 6.54 Å². The van der Waals surface area contributed by atoms with Gasteiger partial charge in [-0.3, -0.25) is 9.59 Å².